The van der Waals surface area contributed by atoms with Crippen LogP contribution in [-0.4, -0.2) is 51.2 Å². The molecular formula is C27H34N2O6. The van der Waals surface area contributed by atoms with Gasteiger partial charge in [0.2, 0.25) is 0 Å². The number of hydrogen-bond acceptors (Lipinski definition) is 7. The first kappa shape index (κ1) is 25.1. The van der Waals surface area contributed by atoms with Crippen LogP contribution in [0.3, 0.4) is 0 Å². The molecule has 1 aromatic heterocycles. The van der Waals surface area contributed by atoms with Gasteiger partial charge in [-0.15, -0.1) is 0 Å². The Morgan fingerprint density at radius 1 is 1.31 bits per heavy atom. The number of ether oxygens (including phenoxy) is 2. The molecule has 0 spiro atoms. The number of aromatic nitrogens is 1. The predicted molar refractivity (Wildman–Crippen MR) is 129 cm³/mol. The molecule has 0 saturated heterocycles. The monoisotopic (exact) mass is 482 g/mol. The number of cyclic esters (lactones) is 1. The molecule has 3 aliphatic rings. The van der Waals surface area contributed by atoms with E-state index in [4.69, 9.17) is 9.47 Å². The summed E-state index contributed by atoms with van der Waals surface area (Å²) in [7, 11) is 0. The maximum atomic E-state index is 12.7. The largest absolute Gasteiger partial charge is 0.458 e. The number of carbonyl (C=O) groups excluding carboxylic acids is 2. The standard InChI is InChI=1S/C27H34N2O6/c1-16-14-17(2)27(33)21(6-4-20-5-8-22(30)24(20)27)7-9-23(31)35-25(16)18(3)34-26(32)29-15-19-10-12-28-13-11-19/h4,6,10-14,16,18,21-22,25,30,33H,5,7-9,15H2,1-3H3,(H,29,32)/b17-14+/t16?,18?,21?,22-,25?,27+/m1/s1. The number of aliphatic hydroxyl groups excluding tert-OH is 1. The molecule has 0 radical (unpaired) electrons. The van der Waals surface area contributed by atoms with Gasteiger partial charge in [-0.25, -0.2) is 4.79 Å². The molecule has 1 aliphatic heterocycles. The number of nitrogens with zero attached hydrogens (tertiary/aromatic N) is 1. The number of carbonyl (C=O) groups is 2. The van der Waals surface area contributed by atoms with Crippen molar-refractivity contribution in [3.8, 4) is 0 Å². The van der Waals surface area contributed by atoms with Crippen LogP contribution in [0.5, 0.6) is 0 Å². The van der Waals surface area contributed by atoms with Gasteiger partial charge in [0, 0.05) is 37.2 Å². The summed E-state index contributed by atoms with van der Waals surface area (Å²) in [5.41, 5.74) is 1.84. The fourth-order valence-electron chi connectivity index (χ4n) is 5.52. The highest BCUT2D eigenvalue weighted by atomic mass is 16.6. The molecule has 4 unspecified atom stereocenters. The van der Waals surface area contributed by atoms with E-state index in [0.29, 0.717) is 24.0 Å². The van der Waals surface area contributed by atoms with Gasteiger partial charge in [0.05, 0.1) is 6.10 Å². The lowest BCUT2D eigenvalue weighted by Crippen LogP contribution is -2.47. The van der Waals surface area contributed by atoms with Gasteiger partial charge < -0.3 is 25.0 Å². The van der Waals surface area contributed by atoms with Crippen LogP contribution in [0.2, 0.25) is 0 Å². The normalized spacial score (nSPS) is 33.1. The molecule has 2 aliphatic carbocycles. The van der Waals surface area contributed by atoms with E-state index in [1.165, 1.54) is 0 Å². The van der Waals surface area contributed by atoms with E-state index in [2.05, 4.69) is 10.3 Å². The van der Waals surface area contributed by atoms with Crippen molar-refractivity contribution in [2.24, 2.45) is 11.8 Å². The lowest BCUT2D eigenvalue weighted by molar-refractivity contribution is -0.158. The Balaban J connectivity index is 1.53. The van der Waals surface area contributed by atoms with E-state index < -0.39 is 36.0 Å². The molecule has 0 bridgehead atoms. The van der Waals surface area contributed by atoms with Crippen LogP contribution in [0.25, 0.3) is 0 Å². The number of esters is 1. The summed E-state index contributed by atoms with van der Waals surface area (Å²) in [5, 5.41) is 25.4. The van der Waals surface area contributed by atoms with Crippen molar-refractivity contribution in [1.29, 1.82) is 0 Å². The number of alkyl carbamates (subject to hydrolysis) is 1. The molecule has 6 atom stereocenters. The van der Waals surface area contributed by atoms with E-state index in [0.717, 1.165) is 17.6 Å². The summed E-state index contributed by atoms with van der Waals surface area (Å²) in [6.45, 7) is 5.70. The van der Waals surface area contributed by atoms with Gasteiger partial charge in [-0.05, 0) is 67.5 Å². The number of nitrogens with one attached hydrogen (secondary N) is 1. The van der Waals surface area contributed by atoms with Crippen LogP contribution in [0.4, 0.5) is 4.79 Å². The molecule has 1 aromatic rings. The van der Waals surface area contributed by atoms with Crippen LogP contribution in [0, 0.1) is 11.8 Å². The highest BCUT2D eigenvalue weighted by Crippen LogP contribution is 2.48. The summed E-state index contributed by atoms with van der Waals surface area (Å²) < 4.78 is 11.3. The third-order valence-electron chi connectivity index (χ3n) is 7.34. The van der Waals surface area contributed by atoms with Crippen molar-refractivity contribution in [3.63, 3.8) is 0 Å². The van der Waals surface area contributed by atoms with Crippen LogP contribution in [0.15, 0.2) is 59.5 Å². The molecule has 35 heavy (non-hydrogen) atoms. The van der Waals surface area contributed by atoms with E-state index in [1.54, 1.807) is 31.5 Å². The Morgan fingerprint density at radius 3 is 2.80 bits per heavy atom. The summed E-state index contributed by atoms with van der Waals surface area (Å²) in [6.07, 6.45) is 8.09. The van der Waals surface area contributed by atoms with Crippen LogP contribution in [0.1, 0.15) is 52.0 Å². The van der Waals surface area contributed by atoms with Crippen molar-refractivity contribution in [3.05, 3.63) is 65.0 Å². The molecular weight excluding hydrogens is 448 g/mol. The van der Waals surface area contributed by atoms with Gasteiger partial charge in [0.15, 0.2) is 0 Å². The van der Waals surface area contributed by atoms with Crippen molar-refractivity contribution < 1.29 is 29.3 Å². The molecule has 188 valence electrons. The lowest BCUT2D eigenvalue weighted by atomic mass is 9.68. The van der Waals surface area contributed by atoms with Crippen molar-refractivity contribution in [1.82, 2.24) is 10.3 Å². The highest BCUT2D eigenvalue weighted by Gasteiger charge is 2.48. The average molecular weight is 483 g/mol. The fraction of sp³-hybridized carbons (Fsp3) is 0.519. The number of allylic oxidation sites excluding steroid dienone is 2. The zero-order valence-corrected chi connectivity index (χ0v) is 20.4. The van der Waals surface area contributed by atoms with Gasteiger partial charge in [-0.1, -0.05) is 25.2 Å². The Hall–Kier alpha value is -2.97. The zero-order valence-electron chi connectivity index (χ0n) is 20.4. The summed E-state index contributed by atoms with van der Waals surface area (Å²) in [4.78, 5) is 29.1. The van der Waals surface area contributed by atoms with Gasteiger partial charge >= 0.3 is 12.1 Å². The predicted octanol–water partition coefficient (Wildman–Crippen LogP) is 3.35. The van der Waals surface area contributed by atoms with E-state index in [9.17, 15) is 19.8 Å². The summed E-state index contributed by atoms with van der Waals surface area (Å²) in [6, 6.07) is 3.59. The second-order valence-corrected chi connectivity index (χ2v) is 9.75. The first-order chi connectivity index (χ1) is 16.7. The summed E-state index contributed by atoms with van der Waals surface area (Å²) >= 11 is 0. The van der Waals surface area contributed by atoms with Crippen molar-refractivity contribution in [2.75, 3.05) is 0 Å². The number of fused-ring (bicyclic) bond motifs is 2. The Kier molecular flexibility index (Phi) is 7.42. The maximum absolute atomic E-state index is 12.7. The zero-order chi connectivity index (χ0) is 25.2. The maximum Gasteiger partial charge on any atom is 0.407 e. The molecule has 0 aromatic carbocycles. The minimum absolute atomic E-state index is 0.105. The molecule has 2 heterocycles. The number of rotatable bonds is 4. The van der Waals surface area contributed by atoms with Crippen molar-refractivity contribution >= 4 is 12.1 Å². The number of aliphatic hydroxyl groups is 2. The molecule has 8 nitrogen and oxygen atoms in total. The average Bonchev–Trinajstić information content (AvgIpc) is 3.22. The minimum Gasteiger partial charge on any atom is -0.458 e. The first-order valence-electron chi connectivity index (χ1n) is 12.2. The molecule has 0 fully saturated rings. The smallest absolute Gasteiger partial charge is 0.407 e. The second kappa shape index (κ2) is 10.3. The molecule has 3 N–H and O–H groups in total. The SMILES string of the molecule is C/C1=C\C(C)C(C(C)OC(=O)NCc2ccncc2)OC(=O)CCC2C=CC3=C([C@H](O)CC3)[C@]12O. The Labute approximate surface area is 205 Å². The fourth-order valence-corrected chi connectivity index (χ4v) is 5.52. The molecule has 8 heteroatoms. The molecule has 4 rings (SSSR count). The molecule has 1 amide bonds. The van der Waals surface area contributed by atoms with E-state index in [1.807, 2.05) is 32.1 Å². The van der Waals surface area contributed by atoms with Gasteiger partial charge in [0.1, 0.15) is 17.8 Å². The van der Waals surface area contributed by atoms with Crippen LogP contribution < -0.4 is 5.32 Å². The van der Waals surface area contributed by atoms with E-state index in [-0.39, 0.29) is 24.8 Å². The topological polar surface area (TPSA) is 118 Å². The quantitative estimate of drug-likeness (QED) is 0.445. The molecule has 0 saturated carbocycles. The number of hydrogen-bond donors (Lipinski definition) is 3. The van der Waals surface area contributed by atoms with Gasteiger partial charge in [0.25, 0.3) is 0 Å². The third kappa shape index (κ3) is 5.18. The van der Waals surface area contributed by atoms with Crippen molar-refractivity contribution in [2.45, 2.75) is 76.9 Å². The Morgan fingerprint density at radius 2 is 2.06 bits per heavy atom. The van der Waals surface area contributed by atoms with Crippen LogP contribution >= 0.6 is 0 Å². The van der Waals surface area contributed by atoms with E-state index >= 15 is 0 Å². The Bertz CT molecular complexity index is 1050. The number of amides is 1. The third-order valence-corrected chi connectivity index (χ3v) is 7.34. The first-order valence-corrected chi connectivity index (χ1v) is 12.2. The van der Waals surface area contributed by atoms with Gasteiger partial charge in [-0.3, -0.25) is 9.78 Å². The minimum atomic E-state index is -1.36. The van der Waals surface area contributed by atoms with Gasteiger partial charge in [-0.2, -0.15) is 0 Å². The van der Waals surface area contributed by atoms with Crippen LogP contribution in [-0.2, 0) is 20.8 Å². The lowest BCUT2D eigenvalue weighted by Gasteiger charge is -2.42. The summed E-state index contributed by atoms with van der Waals surface area (Å²) in [5.74, 6) is -1.10. The second-order valence-electron chi connectivity index (χ2n) is 9.75. The number of pyridine rings is 1. The highest BCUT2D eigenvalue weighted by molar-refractivity contribution is 5.70.